The van der Waals surface area contributed by atoms with Gasteiger partial charge in [-0.15, -0.1) is 0 Å². The largest absolute Gasteiger partial charge is 0.469 e. The molecule has 2 N–H and O–H groups in total. The Morgan fingerprint density at radius 2 is 2.17 bits per heavy atom. The first-order valence-corrected chi connectivity index (χ1v) is 7.71. The minimum absolute atomic E-state index is 0.0107. The van der Waals surface area contributed by atoms with Crippen LogP contribution in [0, 0.1) is 5.92 Å². The van der Waals surface area contributed by atoms with Crippen molar-refractivity contribution in [3.63, 3.8) is 0 Å². The van der Waals surface area contributed by atoms with E-state index in [-0.39, 0.29) is 6.54 Å². The molecule has 3 unspecified atom stereocenters. The van der Waals surface area contributed by atoms with E-state index in [0.717, 1.165) is 0 Å². The molecule has 0 aromatic carbocycles. The molecule has 6 nitrogen and oxygen atoms in total. The maximum Gasteiger partial charge on any atom is 0.310 e. The Hall–Kier alpha value is -0.660. The third-order valence-corrected chi connectivity index (χ3v) is 5.28. The summed E-state index contributed by atoms with van der Waals surface area (Å²) in [5.41, 5.74) is 0. The fourth-order valence-electron chi connectivity index (χ4n) is 2.18. The van der Waals surface area contributed by atoms with E-state index >= 15 is 0 Å². The van der Waals surface area contributed by atoms with Crippen molar-refractivity contribution >= 4 is 16.0 Å². The molecule has 1 rings (SSSR count). The highest BCUT2D eigenvalue weighted by Crippen LogP contribution is 2.31. The lowest BCUT2D eigenvalue weighted by atomic mass is 10.1. The molecule has 0 aliphatic heterocycles. The van der Waals surface area contributed by atoms with Gasteiger partial charge in [-0.3, -0.25) is 4.79 Å². The summed E-state index contributed by atoms with van der Waals surface area (Å²) in [4.78, 5) is 11.5. The Balaban J connectivity index is 2.69. The van der Waals surface area contributed by atoms with Crippen molar-refractivity contribution < 1.29 is 23.1 Å². The Morgan fingerprint density at radius 1 is 1.50 bits per heavy atom. The Morgan fingerprint density at radius 3 is 2.72 bits per heavy atom. The lowest BCUT2D eigenvalue weighted by Crippen LogP contribution is -2.42. The standard InChI is InChI=1S/C11H21NO5S/c1-3-8(13)7-12-18(15,16)10-6-4-5-9(10)11(14)17-2/h8-10,12-13H,3-7H2,1-2H3. The summed E-state index contributed by atoms with van der Waals surface area (Å²) in [5, 5.41) is 8.63. The average Bonchev–Trinajstić information content (AvgIpc) is 2.85. The SMILES string of the molecule is CCC(O)CNS(=O)(=O)C1CCCC1C(=O)OC. The molecule has 0 radical (unpaired) electrons. The van der Waals surface area contributed by atoms with Gasteiger partial charge < -0.3 is 9.84 Å². The van der Waals surface area contributed by atoms with E-state index in [1.54, 1.807) is 6.92 Å². The van der Waals surface area contributed by atoms with Crippen molar-refractivity contribution in [1.29, 1.82) is 0 Å². The molecule has 1 aliphatic rings. The minimum atomic E-state index is -3.58. The van der Waals surface area contributed by atoms with Crippen LogP contribution in [-0.4, -0.2) is 44.5 Å². The summed E-state index contributed by atoms with van der Waals surface area (Å²) in [6, 6.07) is 0. The van der Waals surface area contributed by atoms with Crippen LogP contribution in [0.2, 0.25) is 0 Å². The molecule has 0 aromatic heterocycles. The van der Waals surface area contributed by atoms with Gasteiger partial charge in [0.15, 0.2) is 0 Å². The zero-order valence-corrected chi connectivity index (χ0v) is 11.6. The monoisotopic (exact) mass is 279 g/mol. The van der Waals surface area contributed by atoms with Gasteiger partial charge >= 0.3 is 5.97 Å². The highest BCUT2D eigenvalue weighted by molar-refractivity contribution is 7.90. The molecule has 7 heteroatoms. The van der Waals surface area contributed by atoms with Crippen molar-refractivity contribution in [2.24, 2.45) is 5.92 Å². The van der Waals surface area contributed by atoms with Crippen LogP contribution in [0.3, 0.4) is 0 Å². The van der Waals surface area contributed by atoms with Gasteiger partial charge in [-0.1, -0.05) is 13.3 Å². The smallest absolute Gasteiger partial charge is 0.310 e. The van der Waals surface area contributed by atoms with Crippen LogP contribution in [0.5, 0.6) is 0 Å². The number of hydrogen-bond acceptors (Lipinski definition) is 5. The maximum atomic E-state index is 12.1. The van der Waals surface area contributed by atoms with Crippen LogP contribution >= 0.6 is 0 Å². The molecule has 106 valence electrons. The van der Waals surface area contributed by atoms with E-state index in [1.165, 1.54) is 7.11 Å². The van der Waals surface area contributed by atoms with Crippen LogP contribution in [0.1, 0.15) is 32.6 Å². The fraction of sp³-hybridized carbons (Fsp3) is 0.909. The molecule has 0 aromatic rings. The van der Waals surface area contributed by atoms with Gasteiger partial charge in [0.1, 0.15) is 0 Å². The highest BCUT2D eigenvalue weighted by atomic mass is 32.2. The van der Waals surface area contributed by atoms with Gasteiger partial charge in [0.05, 0.1) is 24.4 Å². The first kappa shape index (κ1) is 15.4. The zero-order valence-electron chi connectivity index (χ0n) is 10.8. The molecule has 0 saturated heterocycles. The number of nitrogens with one attached hydrogen (secondary N) is 1. The van der Waals surface area contributed by atoms with Crippen molar-refractivity contribution in [2.75, 3.05) is 13.7 Å². The van der Waals surface area contributed by atoms with Gasteiger partial charge in [-0.2, -0.15) is 0 Å². The van der Waals surface area contributed by atoms with E-state index in [0.29, 0.717) is 25.7 Å². The molecular weight excluding hydrogens is 258 g/mol. The quantitative estimate of drug-likeness (QED) is 0.669. The van der Waals surface area contributed by atoms with Crippen molar-refractivity contribution in [1.82, 2.24) is 4.72 Å². The summed E-state index contributed by atoms with van der Waals surface area (Å²) < 4.78 is 31.1. The first-order chi connectivity index (χ1) is 8.42. The second kappa shape index (κ2) is 6.49. The van der Waals surface area contributed by atoms with Gasteiger partial charge in [-0.25, -0.2) is 13.1 Å². The summed E-state index contributed by atoms with van der Waals surface area (Å²) in [7, 11) is -2.32. The molecule has 0 spiro atoms. The number of aliphatic hydroxyl groups excluding tert-OH is 1. The first-order valence-electron chi connectivity index (χ1n) is 6.16. The fourth-order valence-corrected chi connectivity index (χ4v) is 3.98. The minimum Gasteiger partial charge on any atom is -0.469 e. The predicted molar refractivity (Wildman–Crippen MR) is 66.4 cm³/mol. The average molecular weight is 279 g/mol. The summed E-state index contributed by atoms with van der Waals surface area (Å²) in [6.07, 6.45) is 1.47. The number of methoxy groups -OCH3 is 1. The van der Waals surface area contributed by atoms with Crippen LogP contribution in [0.25, 0.3) is 0 Å². The van der Waals surface area contributed by atoms with E-state index < -0.39 is 33.3 Å². The molecular formula is C11H21NO5S. The third-order valence-electron chi connectivity index (χ3n) is 3.35. The molecule has 1 fully saturated rings. The number of carbonyl (C=O) groups excluding carboxylic acids is 1. The van der Waals surface area contributed by atoms with Gasteiger partial charge in [-0.05, 0) is 19.3 Å². The van der Waals surface area contributed by atoms with E-state index in [1.807, 2.05) is 0 Å². The Labute approximate surface area is 108 Å². The third kappa shape index (κ3) is 3.66. The second-order valence-electron chi connectivity index (χ2n) is 4.55. The molecule has 0 heterocycles. The summed E-state index contributed by atoms with van der Waals surface area (Å²) in [6.45, 7) is 1.76. The number of rotatable bonds is 6. The topological polar surface area (TPSA) is 92.7 Å². The van der Waals surface area contributed by atoms with Crippen LogP contribution < -0.4 is 4.72 Å². The second-order valence-corrected chi connectivity index (χ2v) is 6.54. The van der Waals surface area contributed by atoms with Gasteiger partial charge in [0.2, 0.25) is 10.0 Å². The van der Waals surface area contributed by atoms with Crippen LogP contribution in [0.15, 0.2) is 0 Å². The van der Waals surface area contributed by atoms with E-state index in [2.05, 4.69) is 9.46 Å². The van der Waals surface area contributed by atoms with Crippen molar-refractivity contribution in [2.45, 2.75) is 44.0 Å². The van der Waals surface area contributed by atoms with Gasteiger partial charge in [0.25, 0.3) is 0 Å². The highest BCUT2D eigenvalue weighted by Gasteiger charge is 2.42. The molecule has 1 aliphatic carbocycles. The lowest BCUT2D eigenvalue weighted by Gasteiger charge is -2.19. The molecule has 18 heavy (non-hydrogen) atoms. The molecule has 1 saturated carbocycles. The van der Waals surface area contributed by atoms with Crippen LogP contribution in [-0.2, 0) is 19.6 Å². The number of ether oxygens (including phenoxy) is 1. The van der Waals surface area contributed by atoms with E-state index in [9.17, 15) is 18.3 Å². The Kier molecular flexibility index (Phi) is 5.55. The summed E-state index contributed by atoms with van der Waals surface area (Å²) >= 11 is 0. The Bertz CT molecular complexity index is 381. The van der Waals surface area contributed by atoms with Crippen molar-refractivity contribution in [3.05, 3.63) is 0 Å². The maximum absolute atomic E-state index is 12.1. The van der Waals surface area contributed by atoms with E-state index in [4.69, 9.17) is 0 Å². The number of hydrogen-bond donors (Lipinski definition) is 2. The molecule has 0 amide bonds. The predicted octanol–water partition coefficient (Wildman–Crippen LogP) is 0.0184. The normalized spacial score (nSPS) is 25.9. The lowest BCUT2D eigenvalue weighted by molar-refractivity contribution is -0.145. The molecule has 3 atom stereocenters. The van der Waals surface area contributed by atoms with Crippen molar-refractivity contribution in [3.8, 4) is 0 Å². The van der Waals surface area contributed by atoms with Gasteiger partial charge in [0, 0.05) is 6.54 Å². The number of aliphatic hydroxyl groups is 1. The van der Waals surface area contributed by atoms with Crippen LogP contribution in [0.4, 0.5) is 0 Å². The zero-order chi connectivity index (χ0) is 13.8. The summed E-state index contributed by atoms with van der Waals surface area (Å²) in [5.74, 6) is -1.06. The number of sulfonamides is 1. The molecule has 0 bridgehead atoms. The number of esters is 1. The number of carbonyl (C=O) groups is 1.